The second kappa shape index (κ2) is 6.58. The van der Waals surface area contributed by atoms with Crippen molar-refractivity contribution in [1.82, 2.24) is 25.5 Å². The third kappa shape index (κ3) is 3.37. The van der Waals surface area contributed by atoms with Gasteiger partial charge in [-0.15, -0.1) is 5.10 Å². The highest BCUT2D eigenvalue weighted by Crippen LogP contribution is 2.18. The molecule has 116 valence electrons. The largest absolute Gasteiger partial charge is 0.345 e. The lowest BCUT2D eigenvalue weighted by molar-refractivity contribution is 0.0939. The summed E-state index contributed by atoms with van der Waals surface area (Å²) in [5.41, 5.74) is 2.10. The van der Waals surface area contributed by atoms with E-state index < -0.39 is 0 Å². The zero-order chi connectivity index (χ0) is 16.2. The molecule has 3 aromatic rings. The summed E-state index contributed by atoms with van der Waals surface area (Å²) < 4.78 is 1.46. The molecule has 0 aliphatic heterocycles. The molecular weight excluding hydrogens is 314 g/mol. The van der Waals surface area contributed by atoms with Crippen LogP contribution in [0, 0.1) is 0 Å². The minimum Gasteiger partial charge on any atom is -0.345 e. The number of aromatic nitrogens is 4. The Kier molecular flexibility index (Phi) is 4.34. The molecule has 0 spiro atoms. The van der Waals surface area contributed by atoms with Crippen molar-refractivity contribution in [3.05, 3.63) is 71.0 Å². The van der Waals surface area contributed by atoms with Crippen molar-refractivity contribution in [1.29, 1.82) is 0 Å². The van der Waals surface area contributed by atoms with Crippen LogP contribution in [-0.4, -0.2) is 26.1 Å². The monoisotopic (exact) mass is 327 g/mol. The van der Waals surface area contributed by atoms with Crippen molar-refractivity contribution in [2.75, 3.05) is 0 Å². The van der Waals surface area contributed by atoms with Gasteiger partial charge in [-0.2, -0.15) is 4.68 Å². The number of hydrogen-bond donors (Lipinski definition) is 1. The minimum absolute atomic E-state index is 0.151. The van der Waals surface area contributed by atoms with Gasteiger partial charge in [0.1, 0.15) is 6.33 Å². The number of benzene rings is 2. The van der Waals surface area contributed by atoms with Gasteiger partial charge < -0.3 is 5.32 Å². The van der Waals surface area contributed by atoms with Gasteiger partial charge in [0.15, 0.2) is 0 Å². The third-order valence-corrected chi connectivity index (χ3v) is 3.71. The molecule has 0 radical (unpaired) electrons. The van der Waals surface area contributed by atoms with Crippen molar-refractivity contribution in [2.45, 2.75) is 13.0 Å². The molecule has 0 saturated carbocycles. The summed E-state index contributed by atoms with van der Waals surface area (Å²) in [5.74, 6) is -0.196. The highest BCUT2D eigenvalue weighted by Gasteiger charge is 2.16. The third-order valence-electron chi connectivity index (χ3n) is 3.46. The molecule has 1 heterocycles. The van der Waals surface area contributed by atoms with Crippen LogP contribution in [0.15, 0.2) is 54.9 Å². The number of amides is 1. The molecule has 1 aromatic heterocycles. The fourth-order valence-electron chi connectivity index (χ4n) is 2.25. The van der Waals surface area contributed by atoms with Crippen molar-refractivity contribution in [3.63, 3.8) is 0 Å². The maximum Gasteiger partial charge on any atom is 0.253 e. The van der Waals surface area contributed by atoms with Crippen molar-refractivity contribution >= 4 is 17.5 Å². The molecule has 23 heavy (non-hydrogen) atoms. The lowest BCUT2D eigenvalue weighted by atomic mass is 10.1. The van der Waals surface area contributed by atoms with E-state index in [-0.39, 0.29) is 11.9 Å². The molecule has 7 heteroatoms. The van der Waals surface area contributed by atoms with Crippen LogP contribution in [0.1, 0.15) is 28.9 Å². The van der Waals surface area contributed by atoms with Crippen molar-refractivity contribution < 1.29 is 4.79 Å². The quantitative estimate of drug-likeness (QED) is 0.799. The Balaban J connectivity index is 1.83. The number of nitrogens with zero attached hydrogens (tertiary/aromatic N) is 4. The van der Waals surface area contributed by atoms with E-state index in [9.17, 15) is 4.79 Å². The number of para-hydroxylation sites is 1. The van der Waals surface area contributed by atoms with Crippen LogP contribution in [0.25, 0.3) is 5.69 Å². The lowest BCUT2D eigenvalue weighted by Crippen LogP contribution is -2.27. The standard InChI is InChI=1S/C16H14ClN5O/c1-11(12-6-8-13(17)9-7-12)19-16(23)14-4-2-3-5-15(14)22-10-18-20-21-22/h2-11H,1H3,(H,19,23). The smallest absolute Gasteiger partial charge is 0.253 e. The van der Waals surface area contributed by atoms with E-state index in [0.29, 0.717) is 16.3 Å². The first-order chi connectivity index (χ1) is 11.1. The Bertz CT molecular complexity index is 802. The average Bonchev–Trinajstić information content (AvgIpc) is 3.09. The van der Waals surface area contributed by atoms with Gasteiger partial charge in [0.25, 0.3) is 5.91 Å². The van der Waals surface area contributed by atoms with E-state index in [1.807, 2.05) is 25.1 Å². The van der Waals surface area contributed by atoms with E-state index >= 15 is 0 Å². The number of carbonyl (C=O) groups excluding carboxylic acids is 1. The maximum atomic E-state index is 12.6. The van der Waals surface area contributed by atoms with Gasteiger partial charge in [-0.3, -0.25) is 4.79 Å². The first-order valence-corrected chi connectivity index (χ1v) is 7.41. The topological polar surface area (TPSA) is 72.7 Å². The second-order valence-corrected chi connectivity index (χ2v) is 5.45. The molecule has 1 N–H and O–H groups in total. The van der Waals surface area contributed by atoms with E-state index in [0.717, 1.165) is 5.56 Å². The van der Waals surface area contributed by atoms with Crippen molar-refractivity contribution in [3.8, 4) is 5.69 Å². The number of tetrazole rings is 1. The van der Waals surface area contributed by atoms with Gasteiger partial charge in [-0.1, -0.05) is 35.9 Å². The normalized spacial score (nSPS) is 11.9. The summed E-state index contributed by atoms with van der Waals surface area (Å²) in [5, 5.41) is 14.7. The Morgan fingerprint density at radius 3 is 2.61 bits per heavy atom. The first-order valence-electron chi connectivity index (χ1n) is 7.04. The molecule has 3 rings (SSSR count). The molecule has 1 unspecified atom stereocenters. The van der Waals surface area contributed by atoms with E-state index in [1.165, 1.54) is 11.0 Å². The Morgan fingerprint density at radius 2 is 1.91 bits per heavy atom. The Morgan fingerprint density at radius 1 is 1.17 bits per heavy atom. The summed E-state index contributed by atoms with van der Waals surface area (Å²) in [4.78, 5) is 12.6. The lowest BCUT2D eigenvalue weighted by Gasteiger charge is -2.16. The maximum absolute atomic E-state index is 12.6. The molecule has 0 aliphatic carbocycles. The highest BCUT2D eigenvalue weighted by molar-refractivity contribution is 6.30. The van der Waals surface area contributed by atoms with Gasteiger partial charge in [-0.05, 0) is 47.2 Å². The molecule has 1 amide bonds. The van der Waals surface area contributed by atoms with Crippen LogP contribution in [-0.2, 0) is 0 Å². The summed E-state index contributed by atoms with van der Waals surface area (Å²) in [6.07, 6.45) is 1.45. The van der Waals surface area contributed by atoms with Gasteiger partial charge in [0.2, 0.25) is 0 Å². The number of rotatable bonds is 4. The summed E-state index contributed by atoms with van der Waals surface area (Å²) in [6.45, 7) is 1.92. The van der Waals surface area contributed by atoms with Crippen LogP contribution in [0.5, 0.6) is 0 Å². The van der Waals surface area contributed by atoms with Crippen LogP contribution in [0.3, 0.4) is 0 Å². The molecule has 0 aliphatic rings. The zero-order valence-corrected chi connectivity index (χ0v) is 13.1. The number of nitrogens with one attached hydrogen (secondary N) is 1. The van der Waals surface area contributed by atoms with E-state index in [1.54, 1.807) is 30.3 Å². The fraction of sp³-hybridized carbons (Fsp3) is 0.125. The molecule has 0 saturated heterocycles. The predicted octanol–water partition coefficient (Wildman–Crippen LogP) is 2.81. The Labute approximate surface area is 138 Å². The molecule has 0 bridgehead atoms. The SMILES string of the molecule is CC(NC(=O)c1ccccc1-n1cnnn1)c1ccc(Cl)cc1. The molecule has 1 atom stereocenters. The van der Waals surface area contributed by atoms with Crippen LogP contribution >= 0.6 is 11.6 Å². The summed E-state index contributed by atoms with van der Waals surface area (Å²) >= 11 is 5.89. The van der Waals surface area contributed by atoms with Gasteiger partial charge in [0, 0.05) is 5.02 Å². The Hall–Kier alpha value is -2.73. The van der Waals surface area contributed by atoms with Gasteiger partial charge >= 0.3 is 0 Å². The highest BCUT2D eigenvalue weighted by atomic mass is 35.5. The van der Waals surface area contributed by atoms with E-state index in [4.69, 9.17) is 11.6 Å². The molecule has 6 nitrogen and oxygen atoms in total. The zero-order valence-electron chi connectivity index (χ0n) is 12.3. The minimum atomic E-state index is -0.196. The van der Waals surface area contributed by atoms with Crippen LogP contribution < -0.4 is 5.32 Å². The molecule has 0 fully saturated rings. The number of carbonyl (C=O) groups is 1. The van der Waals surface area contributed by atoms with Crippen LogP contribution in [0.4, 0.5) is 0 Å². The number of hydrogen-bond acceptors (Lipinski definition) is 4. The number of halogens is 1. The predicted molar refractivity (Wildman–Crippen MR) is 86.5 cm³/mol. The van der Waals surface area contributed by atoms with Crippen molar-refractivity contribution in [2.24, 2.45) is 0 Å². The summed E-state index contributed by atoms with van der Waals surface area (Å²) in [6, 6.07) is 14.4. The van der Waals surface area contributed by atoms with Gasteiger partial charge in [0.05, 0.1) is 17.3 Å². The average molecular weight is 328 g/mol. The molecular formula is C16H14ClN5O. The summed E-state index contributed by atoms with van der Waals surface area (Å²) in [7, 11) is 0. The first kappa shape index (κ1) is 15.2. The van der Waals surface area contributed by atoms with E-state index in [2.05, 4.69) is 20.8 Å². The van der Waals surface area contributed by atoms with Gasteiger partial charge in [-0.25, -0.2) is 0 Å². The molecule has 2 aromatic carbocycles. The van der Waals surface area contributed by atoms with Crippen LogP contribution in [0.2, 0.25) is 5.02 Å². The second-order valence-electron chi connectivity index (χ2n) is 5.02. The fourth-order valence-corrected chi connectivity index (χ4v) is 2.37.